The molecule has 0 saturated carbocycles. The minimum absolute atomic E-state index is 0.0490. The van der Waals surface area contributed by atoms with Gasteiger partial charge in [0.25, 0.3) is 0 Å². The van der Waals surface area contributed by atoms with Crippen molar-refractivity contribution in [2.24, 2.45) is 0 Å². The van der Waals surface area contributed by atoms with Gasteiger partial charge in [0.1, 0.15) is 0 Å². The Morgan fingerprint density at radius 3 is 2.61 bits per heavy atom. The van der Waals surface area contributed by atoms with Crippen LogP contribution in [0.1, 0.15) is 34.1 Å². The van der Waals surface area contributed by atoms with Crippen molar-refractivity contribution in [3.8, 4) is 0 Å². The SMILES string of the molecule is CCCNCCS(=O)(=O)N1CC(C)OC(C)(C)C1. The van der Waals surface area contributed by atoms with Crippen molar-refractivity contribution in [3.63, 3.8) is 0 Å². The molecule has 5 nitrogen and oxygen atoms in total. The van der Waals surface area contributed by atoms with Crippen LogP contribution >= 0.6 is 0 Å². The van der Waals surface area contributed by atoms with Gasteiger partial charge < -0.3 is 10.1 Å². The van der Waals surface area contributed by atoms with E-state index >= 15 is 0 Å². The molecule has 0 amide bonds. The van der Waals surface area contributed by atoms with Crippen molar-refractivity contribution in [2.75, 3.05) is 31.9 Å². The fraction of sp³-hybridized carbons (Fsp3) is 1.00. The molecule has 18 heavy (non-hydrogen) atoms. The van der Waals surface area contributed by atoms with E-state index in [0.29, 0.717) is 19.6 Å². The van der Waals surface area contributed by atoms with Crippen LogP contribution in [0.2, 0.25) is 0 Å². The van der Waals surface area contributed by atoms with E-state index in [2.05, 4.69) is 12.2 Å². The molecule has 1 saturated heterocycles. The van der Waals surface area contributed by atoms with E-state index in [4.69, 9.17) is 4.74 Å². The van der Waals surface area contributed by atoms with Crippen molar-refractivity contribution in [1.82, 2.24) is 9.62 Å². The average Bonchev–Trinajstić information content (AvgIpc) is 2.21. The van der Waals surface area contributed by atoms with Gasteiger partial charge in [-0.1, -0.05) is 6.92 Å². The second-order valence-electron chi connectivity index (χ2n) is 5.55. The highest BCUT2D eigenvalue weighted by Gasteiger charge is 2.36. The minimum Gasteiger partial charge on any atom is -0.370 e. The smallest absolute Gasteiger partial charge is 0.215 e. The molecule has 1 rings (SSSR count). The summed E-state index contributed by atoms with van der Waals surface area (Å²) < 4.78 is 31.7. The summed E-state index contributed by atoms with van der Waals surface area (Å²) in [7, 11) is -3.18. The summed E-state index contributed by atoms with van der Waals surface area (Å²) in [5, 5.41) is 3.13. The van der Waals surface area contributed by atoms with Crippen LogP contribution in [0.4, 0.5) is 0 Å². The Balaban J connectivity index is 2.56. The monoisotopic (exact) mass is 278 g/mol. The first-order valence-corrected chi connectivity index (χ1v) is 8.24. The standard InChI is InChI=1S/C12H26N2O3S/c1-5-6-13-7-8-18(15,16)14-9-11(2)17-12(3,4)10-14/h11,13H,5-10H2,1-4H3. The first kappa shape index (κ1) is 15.9. The van der Waals surface area contributed by atoms with E-state index in [1.165, 1.54) is 0 Å². The molecular formula is C12H26N2O3S. The topological polar surface area (TPSA) is 58.6 Å². The average molecular weight is 278 g/mol. The molecule has 108 valence electrons. The number of hydrogen-bond donors (Lipinski definition) is 1. The van der Waals surface area contributed by atoms with E-state index in [0.717, 1.165) is 13.0 Å². The molecule has 1 atom stereocenters. The first-order chi connectivity index (χ1) is 8.27. The van der Waals surface area contributed by atoms with Crippen molar-refractivity contribution < 1.29 is 13.2 Å². The van der Waals surface area contributed by atoms with Gasteiger partial charge in [-0.15, -0.1) is 0 Å². The lowest BCUT2D eigenvalue weighted by atomic mass is 10.1. The van der Waals surface area contributed by atoms with Gasteiger partial charge in [-0.05, 0) is 33.7 Å². The summed E-state index contributed by atoms with van der Waals surface area (Å²) in [4.78, 5) is 0. The van der Waals surface area contributed by atoms with Crippen molar-refractivity contribution in [2.45, 2.75) is 45.8 Å². The molecule has 0 aliphatic carbocycles. The summed E-state index contributed by atoms with van der Waals surface area (Å²) in [6, 6.07) is 0. The molecule has 1 aliphatic rings. The molecule has 0 spiro atoms. The van der Waals surface area contributed by atoms with Crippen LogP contribution in [0.15, 0.2) is 0 Å². The molecular weight excluding hydrogens is 252 g/mol. The highest BCUT2D eigenvalue weighted by atomic mass is 32.2. The maximum atomic E-state index is 12.2. The molecule has 1 fully saturated rings. The normalized spacial score (nSPS) is 25.2. The Kier molecular flexibility index (Phi) is 5.58. The van der Waals surface area contributed by atoms with Crippen LogP contribution in [-0.4, -0.2) is 56.4 Å². The predicted octanol–water partition coefficient (Wildman–Crippen LogP) is 0.815. The molecule has 0 aromatic carbocycles. The molecule has 1 heterocycles. The summed E-state index contributed by atoms with van der Waals surface area (Å²) in [6.45, 7) is 10.1. The van der Waals surface area contributed by atoms with E-state index < -0.39 is 15.6 Å². The fourth-order valence-corrected chi connectivity index (χ4v) is 3.84. The largest absolute Gasteiger partial charge is 0.370 e. The number of sulfonamides is 1. The predicted molar refractivity (Wildman–Crippen MR) is 73.1 cm³/mol. The molecule has 0 aromatic heterocycles. The van der Waals surface area contributed by atoms with E-state index in [9.17, 15) is 8.42 Å². The maximum absolute atomic E-state index is 12.2. The number of nitrogens with zero attached hydrogens (tertiary/aromatic N) is 1. The highest BCUT2D eigenvalue weighted by molar-refractivity contribution is 7.89. The Morgan fingerprint density at radius 1 is 1.39 bits per heavy atom. The third kappa shape index (κ3) is 4.84. The Hall–Kier alpha value is -0.170. The van der Waals surface area contributed by atoms with E-state index in [-0.39, 0.29) is 11.9 Å². The third-order valence-corrected chi connectivity index (χ3v) is 4.68. The Bertz CT molecular complexity index is 354. The zero-order valence-electron chi connectivity index (χ0n) is 11.9. The zero-order chi connectivity index (χ0) is 13.8. The van der Waals surface area contributed by atoms with E-state index in [1.807, 2.05) is 20.8 Å². The maximum Gasteiger partial charge on any atom is 0.215 e. The van der Waals surface area contributed by atoms with Crippen LogP contribution in [0, 0.1) is 0 Å². The van der Waals surface area contributed by atoms with Crippen molar-refractivity contribution in [1.29, 1.82) is 0 Å². The van der Waals surface area contributed by atoms with Gasteiger partial charge in [-0.25, -0.2) is 8.42 Å². The van der Waals surface area contributed by atoms with Gasteiger partial charge in [-0.3, -0.25) is 0 Å². The van der Waals surface area contributed by atoms with Gasteiger partial charge >= 0.3 is 0 Å². The van der Waals surface area contributed by atoms with Crippen molar-refractivity contribution in [3.05, 3.63) is 0 Å². The number of hydrogen-bond acceptors (Lipinski definition) is 4. The second kappa shape index (κ2) is 6.32. The minimum atomic E-state index is -3.18. The number of nitrogens with one attached hydrogen (secondary N) is 1. The summed E-state index contributed by atoms with van der Waals surface area (Å²) in [5.41, 5.74) is -0.401. The number of morpholine rings is 1. The number of ether oxygens (including phenoxy) is 1. The van der Waals surface area contributed by atoms with Gasteiger partial charge in [-0.2, -0.15) is 4.31 Å². The molecule has 0 radical (unpaired) electrons. The van der Waals surface area contributed by atoms with Crippen LogP contribution in [0.3, 0.4) is 0 Å². The van der Waals surface area contributed by atoms with Crippen LogP contribution in [0.5, 0.6) is 0 Å². The Labute approximate surface area is 111 Å². The van der Waals surface area contributed by atoms with E-state index in [1.54, 1.807) is 4.31 Å². The van der Waals surface area contributed by atoms with Crippen molar-refractivity contribution >= 4 is 10.0 Å². The molecule has 1 N–H and O–H groups in total. The fourth-order valence-electron chi connectivity index (χ4n) is 2.24. The van der Waals surface area contributed by atoms with Crippen LogP contribution in [-0.2, 0) is 14.8 Å². The molecule has 0 bridgehead atoms. The molecule has 1 unspecified atom stereocenters. The van der Waals surface area contributed by atoms with Gasteiger partial charge in [0, 0.05) is 19.6 Å². The lowest BCUT2D eigenvalue weighted by Gasteiger charge is -2.40. The van der Waals surface area contributed by atoms with Gasteiger partial charge in [0.15, 0.2) is 0 Å². The first-order valence-electron chi connectivity index (χ1n) is 6.63. The van der Waals surface area contributed by atoms with Crippen LogP contribution < -0.4 is 5.32 Å². The zero-order valence-corrected chi connectivity index (χ0v) is 12.7. The lowest BCUT2D eigenvalue weighted by molar-refractivity contribution is -0.109. The quantitative estimate of drug-likeness (QED) is 0.731. The second-order valence-corrected chi connectivity index (χ2v) is 7.64. The van der Waals surface area contributed by atoms with Gasteiger partial charge in [0.2, 0.25) is 10.0 Å². The van der Waals surface area contributed by atoms with Crippen LogP contribution in [0.25, 0.3) is 0 Å². The summed E-state index contributed by atoms with van der Waals surface area (Å²) >= 11 is 0. The lowest BCUT2D eigenvalue weighted by Crippen LogP contribution is -2.54. The highest BCUT2D eigenvalue weighted by Crippen LogP contribution is 2.22. The Morgan fingerprint density at radius 2 is 2.06 bits per heavy atom. The summed E-state index contributed by atoms with van der Waals surface area (Å²) in [6.07, 6.45) is 0.967. The summed E-state index contributed by atoms with van der Waals surface area (Å²) in [5.74, 6) is 0.163. The third-order valence-electron chi connectivity index (χ3n) is 2.90. The van der Waals surface area contributed by atoms with Gasteiger partial charge in [0.05, 0.1) is 17.5 Å². The molecule has 0 aromatic rings. The molecule has 6 heteroatoms. The number of rotatable bonds is 6. The molecule has 1 aliphatic heterocycles.